The summed E-state index contributed by atoms with van der Waals surface area (Å²) in [7, 11) is 2.11. The van der Waals surface area contributed by atoms with Gasteiger partial charge >= 0.3 is 0 Å². The van der Waals surface area contributed by atoms with Gasteiger partial charge < -0.3 is 10.1 Å². The van der Waals surface area contributed by atoms with Crippen LogP contribution in [0, 0.1) is 0 Å². The molecule has 0 saturated heterocycles. The summed E-state index contributed by atoms with van der Waals surface area (Å²) in [5.74, 6) is -0.138. The number of H-pyrrole nitrogens is 1. The van der Waals surface area contributed by atoms with Crippen molar-refractivity contribution in [1.82, 2.24) is 20.4 Å². The highest BCUT2D eigenvalue weighted by atomic mass is 16.5. The Hall–Kier alpha value is -2.18. The van der Waals surface area contributed by atoms with E-state index in [0.29, 0.717) is 24.7 Å². The summed E-state index contributed by atoms with van der Waals surface area (Å²) in [6.45, 7) is 9.71. The lowest BCUT2D eigenvalue weighted by atomic mass is 9.99. The van der Waals surface area contributed by atoms with Crippen molar-refractivity contribution in [3.8, 4) is 0 Å². The average Bonchev–Trinajstić information content (AvgIpc) is 3.04. The van der Waals surface area contributed by atoms with Gasteiger partial charge in [0.15, 0.2) is 5.69 Å². The number of aromatic amines is 1. The Balaban J connectivity index is 1.71. The number of amides is 1. The maximum Gasteiger partial charge on any atom is 0.272 e. The second kappa shape index (κ2) is 8.23. The largest absolute Gasteiger partial charge is 0.369 e. The monoisotopic (exact) mass is 370 g/mol. The highest BCUT2D eigenvalue weighted by Gasteiger charge is 2.29. The molecular formula is C21H30N4O2. The number of nitrogens with one attached hydrogen (secondary N) is 2. The molecule has 0 fully saturated rings. The average molecular weight is 370 g/mol. The van der Waals surface area contributed by atoms with Gasteiger partial charge in [0.05, 0.1) is 17.9 Å². The third kappa shape index (κ3) is 4.39. The van der Waals surface area contributed by atoms with E-state index in [4.69, 9.17) is 4.74 Å². The van der Waals surface area contributed by atoms with Crippen molar-refractivity contribution in [2.24, 2.45) is 0 Å². The summed E-state index contributed by atoms with van der Waals surface area (Å²) < 4.78 is 5.80. The molecule has 1 aliphatic heterocycles. The molecule has 6 heteroatoms. The van der Waals surface area contributed by atoms with Gasteiger partial charge in [-0.1, -0.05) is 24.3 Å². The fraction of sp³-hybridized carbons (Fsp3) is 0.524. The number of hydrogen-bond acceptors (Lipinski definition) is 4. The quantitative estimate of drug-likeness (QED) is 0.819. The van der Waals surface area contributed by atoms with Crippen molar-refractivity contribution in [2.75, 3.05) is 7.05 Å². The van der Waals surface area contributed by atoms with Crippen LogP contribution in [-0.4, -0.2) is 40.2 Å². The first-order chi connectivity index (χ1) is 12.9. The van der Waals surface area contributed by atoms with Gasteiger partial charge in [-0.15, -0.1) is 0 Å². The summed E-state index contributed by atoms with van der Waals surface area (Å²) in [4.78, 5) is 15.0. The third-order valence-corrected chi connectivity index (χ3v) is 5.31. The van der Waals surface area contributed by atoms with Crippen molar-refractivity contribution < 1.29 is 9.53 Å². The minimum atomic E-state index is -0.138. The SMILES string of the molecule is CC(C)N(C)Cc1ccccc1CNC(=O)c1n[nH]c2c1C[C@H](C)O[C@@H]2C. The fourth-order valence-electron chi connectivity index (χ4n) is 3.46. The Bertz CT molecular complexity index is 799. The number of ether oxygens (including phenoxy) is 1. The Morgan fingerprint density at radius 1 is 1.33 bits per heavy atom. The van der Waals surface area contributed by atoms with Gasteiger partial charge in [0.2, 0.25) is 0 Å². The van der Waals surface area contributed by atoms with Crippen LogP contribution >= 0.6 is 0 Å². The van der Waals surface area contributed by atoms with Crippen LogP contribution < -0.4 is 5.32 Å². The van der Waals surface area contributed by atoms with Crippen LogP contribution in [0.1, 0.15) is 66.7 Å². The molecule has 1 aliphatic rings. The van der Waals surface area contributed by atoms with Gasteiger partial charge in [-0.3, -0.25) is 14.8 Å². The molecule has 2 N–H and O–H groups in total. The predicted octanol–water partition coefficient (Wildman–Crippen LogP) is 3.20. The van der Waals surface area contributed by atoms with Gasteiger partial charge in [0.1, 0.15) is 0 Å². The van der Waals surface area contributed by atoms with E-state index >= 15 is 0 Å². The van der Waals surface area contributed by atoms with Crippen LogP contribution in [0.4, 0.5) is 0 Å². The molecule has 1 aromatic carbocycles. The smallest absolute Gasteiger partial charge is 0.272 e. The van der Waals surface area contributed by atoms with E-state index in [9.17, 15) is 4.79 Å². The highest BCUT2D eigenvalue weighted by Crippen LogP contribution is 2.30. The van der Waals surface area contributed by atoms with Crippen molar-refractivity contribution in [2.45, 2.75) is 65.5 Å². The number of aromatic nitrogens is 2. The summed E-state index contributed by atoms with van der Waals surface area (Å²) >= 11 is 0. The van der Waals surface area contributed by atoms with E-state index in [0.717, 1.165) is 23.4 Å². The van der Waals surface area contributed by atoms with Crippen LogP contribution in [0.25, 0.3) is 0 Å². The molecule has 0 spiro atoms. The van der Waals surface area contributed by atoms with Gasteiger partial charge in [-0.05, 0) is 45.9 Å². The first-order valence-electron chi connectivity index (χ1n) is 9.64. The molecule has 0 aliphatic carbocycles. The lowest BCUT2D eigenvalue weighted by Crippen LogP contribution is -2.29. The standard InChI is InChI=1S/C21H30N4O2/c1-13(2)25(5)12-17-9-7-6-8-16(17)11-22-21(26)20-18-10-14(3)27-15(4)19(18)23-24-20/h6-9,13-15H,10-12H2,1-5H3,(H,22,26)(H,23,24)/t14-,15+/m0/s1. The van der Waals surface area contributed by atoms with Crippen LogP contribution in [0.5, 0.6) is 0 Å². The number of carbonyl (C=O) groups excluding carboxylic acids is 1. The molecular weight excluding hydrogens is 340 g/mol. The molecule has 0 bridgehead atoms. The first kappa shape index (κ1) is 19.6. The number of hydrogen-bond donors (Lipinski definition) is 2. The highest BCUT2D eigenvalue weighted by molar-refractivity contribution is 5.94. The number of nitrogens with zero attached hydrogens (tertiary/aromatic N) is 2. The molecule has 1 amide bonds. The van der Waals surface area contributed by atoms with Gasteiger partial charge in [0.25, 0.3) is 5.91 Å². The minimum absolute atomic E-state index is 0.0647. The molecule has 27 heavy (non-hydrogen) atoms. The Kier molecular flexibility index (Phi) is 5.97. The number of rotatable bonds is 6. The number of fused-ring (bicyclic) bond motifs is 1. The number of carbonyl (C=O) groups is 1. The Morgan fingerprint density at radius 3 is 2.74 bits per heavy atom. The molecule has 1 aromatic heterocycles. The first-order valence-corrected chi connectivity index (χ1v) is 9.64. The maximum absolute atomic E-state index is 12.8. The lowest BCUT2D eigenvalue weighted by molar-refractivity contribution is -0.00697. The van der Waals surface area contributed by atoms with Crippen LogP contribution in [0.3, 0.4) is 0 Å². The second-order valence-electron chi connectivity index (χ2n) is 7.72. The van der Waals surface area contributed by atoms with E-state index in [1.54, 1.807) is 0 Å². The van der Waals surface area contributed by atoms with E-state index in [1.165, 1.54) is 5.56 Å². The molecule has 0 saturated carbocycles. The van der Waals surface area contributed by atoms with Crippen LogP contribution in [0.15, 0.2) is 24.3 Å². The van der Waals surface area contributed by atoms with Crippen LogP contribution in [-0.2, 0) is 24.2 Å². The van der Waals surface area contributed by atoms with E-state index < -0.39 is 0 Å². The molecule has 0 unspecified atom stereocenters. The molecule has 6 nitrogen and oxygen atoms in total. The predicted molar refractivity (Wildman–Crippen MR) is 105 cm³/mol. The summed E-state index contributed by atoms with van der Waals surface area (Å²) in [6, 6.07) is 8.72. The lowest BCUT2D eigenvalue weighted by Gasteiger charge is -2.25. The van der Waals surface area contributed by atoms with E-state index in [2.05, 4.69) is 53.4 Å². The molecule has 2 heterocycles. The van der Waals surface area contributed by atoms with Crippen molar-refractivity contribution in [3.63, 3.8) is 0 Å². The van der Waals surface area contributed by atoms with Gasteiger partial charge in [-0.25, -0.2) is 0 Å². The minimum Gasteiger partial charge on any atom is -0.369 e. The molecule has 2 aromatic rings. The topological polar surface area (TPSA) is 70.2 Å². The van der Waals surface area contributed by atoms with Crippen LogP contribution in [0.2, 0.25) is 0 Å². The summed E-state index contributed by atoms with van der Waals surface area (Å²) in [6.07, 6.45) is 0.725. The molecule has 2 atom stereocenters. The van der Waals surface area contributed by atoms with E-state index in [-0.39, 0.29) is 18.1 Å². The zero-order chi connectivity index (χ0) is 19.6. The van der Waals surface area contributed by atoms with Crippen molar-refractivity contribution in [3.05, 3.63) is 52.3 Å². The zero-order valence-corrected chi connectivity index (χ0v) is 16.9. The van der Waals surface area contributed by atoms with E-state index in [1.807, 2.05) is 26.0 Å². The normalized spacial score (nSPS) is 19.4. The fourth-order valence-corrected chi connectivity index (χ4v) is 3.46. The molecule has 0 radical (unpaired) electrons. The Labute approximate surface area is 161 Å². The maximum atomic E-state index is 12.8. The van der Waals surface area contributed by atoms with Crippen molar-refractivity contribution in [1.29, 1.82) is 0 Å². The van der Waals surface area contributed by atoms with Gasteiger partial charge in [-0.2, -0.15) is 5.10 Å². The molecule has 3 rings (SSSR count). The van der Waals surface area contributed by atoms with Crippen molar-refractivity contribution >= 4 is 5.91 Å². The summed E-state index contributed by atoms with van der Waals surface area (Å²) in [5, 5.41) is 10.3. The Morgan fingerprint density at radius 2 is 2.04 bits per heavy atom. The third-order valence-electron chi connectivity index (χ3n) is 5.31. The molecule has 146 valence electrons. The second-order valence-corrected chi connectivity index (χ2v) is 7.72. The zero-order valence-electron chi connectivity index (χ0n) is 16.9. The number of benzene rings is 1. The summed E-state index contributed by atoms with van der Waals surface area (Å²) in [5.41, 5.74) is 4.74. The van der Waals surface area contributed by atoms with Gasteiger partial charge in [0, 0.05) is 31.1 Å².